The lowest BCUT2D eigenvalue weighted by atomic mass is 10.0. The van der Waals surface area contributed by atoms with Gasteiger partial charge in [0.05, 0.1) is 7.11 Å². The number of methoxy groups -OCH3 is 1. The fourth-order valence-corrected chi connectivity index (χ4v) is 1.78. The quantitative estimate of drug-likeness (QED) is 0.675. The maximum absolute atomic E-state index is 11.5. The van der Waals surface area contributed by atoms with Gasteiger partial charge in [-0.1, -0.05) is 5.16 Å². The minimum Gasteiger partial charge on any atom is -0.465 e. The van der Waals surface area contributed by atoms with E-state index < -0.39 is 5.97 Å². The van der Waals surface area contributed by atoms with Crippen molar-refractivity contribution in [3.8, 4) is 0 Å². The zero-order valence-electron chi connectivity index (χ0n) is 8.45. The molecule has 0 aromatic carbocycles. The third-order valence-electron chi connectivity index (χ3n) is 2.57. The molecular formula is C9H13N3O3. The van der Waals surface area contributed by atoms with Gasteiger partial charge in [0.25, 0.3) is 0 Å². The monoisotopic (exact) mass is 211 g/mol. The summed E-state index contributed by atoms with van der Waals surface area (Å²) in [7, 11) is 1.31. The maximum atomic E-state index is 11.5. The van der Waals surface area contributed by atoms with E-state index in [0.717, 1.165) is 19.5 Å². The summed E-state index contributed by atoms with van der Waals surface area (Å²) in [6.07, 6.45) is 0.915. The molecule has 2 rings (SSSR count). The highest BCUT2D eigenvalue weighted by molar-refractivity contribution is 5.95. The van der Waals surface area contributed by atoms with E-state index in [1.165, 1.54) is 7.11 Å². The van der Waals surface area contributed by atoms with Crippen molar-refractivity contribution >= 4 is 11.8 Å². The minimum absolute atomic E-state index is 0.101. The zero-order chi connectivity index (χ0) is 10.8. The topological polar surface area (TPSA) is 90.4 Å². The lowest BCUT2D eigenvalue weighted by molar-refractivity contribution is 0.0598. The van der Waals surface area contributed by atoms with Gasteiger partial charge in [-0.05, 0) is 13.0 Å². The smallest absolute Gasteiger partial charge is 0.345 e. The number of carbonyl (C=O) groups is 1. The van der Waals surface area contributed by atoms with Gasteiger partial charge in [0.15, 0.2) is 11.6 Å². The van der Waals surface area contributed by atoms with Crippen LogP contribution in [0.2, 0.25) is 0 Å². The van der Waals surface area contributed by atoms with Crippen molar-refractivity contribution < 1.29 is 14.1 Å². The molecule has 82 valence electrons. The summed E-state index contributed by atoms with van der Waals surface area (Å²) in [4.78, 5) is 11.5. The van der Waals surface area contributed by atoms with Crippen LogP contribution in [0.1, 0.15) is 28.5 Å². The van der Waals surface area contributed by atoms with Gasteiger partial charge < -0.3 is 20.3 Å². The summed E-state index contributed by atoms with van der Waals surface area (Å²) in [6, 6.07) is 0. The van der Waals surface area contributed by atoms with Crippen LogP contribution in [0.5, 0.6) is 0 Å². The zero-order valence-corrected chi connectivity index (χ0v) is 8.45. The highest BCUT2D eigenvalue weighted by Gasteiger charge is 2.29. The van der Waals surface area contributed by atoms with Crippen LogP contribution in [0.3, 0.4) is 0 Å². The van der Waals surface area contributed by atoms with E-state index in [1.807, 2.05) is 0 Å². The van der Waals surface area contributed by atoms with E-state index in [9.17, 15) is 4.79 Å². The van der Waals surface area contributed by atoms with Crippen LogP contribution in [0.25, 0.3) is 0 Å². The molecule has 0 radical (unpaired) electrons. The molecule has 1 aromatic rings. The molecule has 1 aromatic heterocycles. The Morgan fingerprint density at radius 2 is 2.53 bits per heavy atom. The second-order valence-electron chi connectivity index (χ2n) is 3.49. The molecule has 1 aliphatic rings. The van der Waals surface area contributed by atoms with Gasteiger partial charge in [-0.15, -0.1) is 0 Å². The normalized spacial score (nSPS) is 20.5. The number of carbonyl (C=O) groups excluding carboxylic acids is 1. The highest BCUT2D eigenvalue weighted by atomic mass is 16.5. The molecule has 6 heteroatoms. The van der Waals surface area contributed by atoms with Gasteiger partial charge in [-0.3, -0.25) is 0 Å². The second kappa shape index (κ2) is 3.90. The van der Waals surface area contributed by atoms with Crippen LogP contribution in [-0.2, 0) is 4.74 Å². The van der Waals surface area contributed by atoms with Crippen LogP contribution in [0, 0.1) is 0 Å². The first-order valence-electron chi connectivity index (χ1n) is 4.78. The molecule has 0 spiro atoms. The predicted octanol–water partition coefficient (Wildman–Crippen LogP) is 0.120. The molecule has 2 heterocycles. The Balaban J connectivity index is 2.34. The first kappa shape index (κ1) is 9.97. The van der Waals surface area contributed by atoms with E-state index in [2.05, 4.69) is 15.2 Å². The van der Waals surface area contributed by atoms with Crippen molar-refractivity contribution in [1.82, 2.24) is 10.5 Å². The van der Waals surface area contributed by atoms with Crippen LogP contribution < -0.4 is 11.1 Å². The Bertz CT molecular complexity index is 369. The number of nitrogens with one attached hydrogen (secondary N) is 1. The number of esters is 1. The summed E-state index contributed by atoms with van der Waals surface area (Å²) in [5.41, 5.74) is 5.83. The Hall–Kier alpha value is -1.56. The number of nitrogens with zero attached hydrogens (tertiary/aromatic N) is 1. The number of nitrogens with two attached hydrogens (primary N) is 1. The lowest BCUT2D eigenvalue weighted by Gasteiger charge is -2.05. The van der Waals surface area contributed by atoms with Crippen LogP contribution in [0.4, 0.5) is 5.82 Å². The molecule has 15 heavy (non-hydrogen) atoms. The lowest BCUT2D eigenvalue weighted by Crippen LogP contribution is -2.12. The average Bonchev–Trinajstić information content (AvgIpc) is 2.85. The molecule has 1 atom stereocenters. The summed E-state index contributed by atoms with van der Waals surface area (Å²) in [6.45, 7) is 1.69. The SMILES string of the molecule is COC(=O)c1c(N)noc1C1CCNC1. The molecular weight excluding hydrogens is 198 g/mol. The van der Waals surface area contributed by atoms with Crippen LogP contribution >= 0.6 is 0 Å². The Morgan fingerprint density at radius 1 is 1.73 bits per heavy atom. The van der Waals surface area contributed by atoms with Crippen molar-refractivity contribution in [2.45, 2.75) is 12.3 Å². The summed E-state index contributed by atoms with van der Waals surface area (Å²) >= 11 is 0. The van der Waals surface area contributed by atoms with Gasteiger partial charge in [0, 0.05) is 12.5 Å². The first-order chi connectivity index (χ1) is 7.24. The average molecular weight is 211 g/mol. The Kier molecular flexibility index (Phi) is 2.59. The summed E-state index contributed by atoms with van der Waals surface area (Å²) in [5.74, 6) is 0.299. The molecule has 0 aliphatic carbocycles. The minimum atomic E-state index is -0.490. The van der Waals surface area contributed by atoms with E-state index >= 15 is 0 Å². The van der Waals surface area contributed by atoms with Gasteiger partial charge in [-0.25, -0.2) is 4.79 Å². The molecule has 6 nitrogen and oxygen atoms in total. The van der Waals surface area contributed by atoms with Crippen LogP contribution in [-0.4, -0.2) is 31.3 Å². The van der Waals surface area contributed by atoms with Gasteiger partial charge in [0.2, 0.25) is 0 Å². The van der Waals surface area contributed by atoms with Gasteiger partial charge in [-0.2, -0.15) is 0 Å². The van der Waals surface area contributed by atoms with Crippen molar-refractivity contribution in [2.75, 3.05) is 25.9 Å². The Labute approximate surface area is 86.7 Å². The molecule has 1 fully saturated rings. The molecule has 1 saturated heterocycles. The van der Waals surface area contributed by atoms with Crippen molar-refractivity contribution in [2.24, 2.45) is 0 Å². The largest absolute Gasteiger partial charge is 0.465 e. The summed E-state index contributed by atoms with van der Waals surface area (Å²) < 4.78 is 9.72. The van der Waals surface area contributed by atoms with Crippen molar-refractivity contribution in [1.29, 1.82) is 0 Å². The number of rotatable bonds is 2. The molecule has 1 aliphatic heterocycles. The fourth-order valence-electron chi connectivity index (χ4n) is 1.78. The first-order valence-corrected chi connectivity index (χ1v) is 4.78. The van der Waals surface area contributed by atoms with Gasteiger partial charge >= 0.3 is 5.97 Å². The fraction of sp³-hybridized carbons (Fsp3) is 0.556. The van der Waals surface area contributed by atoms with E-state index in [1.54, 1.807) is 0 Å². The number of anilines is 1. The van der Waals surface area contributed by atoms with Crippen molar-refractivity contribution in [3.63, 3.8) is 0 Å². The molecule has 3 N–H and O–H groups in total. The van der Waals surface area contributed by atoms with Crippen LogP contribution in [0.15, 0.2) is 4.52 Å². The second-order valence-corrected chi connectivity index (χ2v) is 3.49. The number of hydrogen-bond acceptors (Lipinski definition) is 6. The van der Waals surface area contributed by atoms with Gasteiger partial charge in [0.1, 0.15) is 5.56 Å². The third kappa shape index (κ3) is 1.68. The number of ether oxygens (including phenoxy) is 1. The molecule has 0 amide bonds. The standard InChI is InChI=1S/C9H13N3O3/c1-14-9(13)6-7(15-12-8(6)10)5-2-3-11-4-5/h5,11H,2-4H2,1H3,(H2,10,12). The highest BCUT2D eigenvalue weighted by Crippen LogP contribution is 2.29. The molecule has 1 unspecified atom stereocenters. The number of hydrogen-bond donors (Lipinski definition) is 2. The number of nitrogen functional groups attached to an aromatic ring is 1. The van der Waals surface area contributed by atoms with E-state index in [-0.39, 0.29) is 17.3 Å². The Morgan fingerprint density at radius 3 is 3.13 bits per heavy atom. The molecule has 0 saturated carbocycles. The van der Waals surface area contributed by atoms with E-state index in [4.69, 9.17) is 10.3 Å². The van der Waals surface area contributed by atoms with Crippen molar-refractivity contribution in [3.05, 3.63) is 11.3 Å². The number of aromatic nitrogens is 1. The molecule has 0 bridgehead atoms. The third-order valence-corrected chi connectivity index (χ3v) is 2.57. The maximum Gasteiger partial charge on any atom is 0.345 e. The predicted molar refractivity (Wildman–Crippen MR) is 52.5 cm³/mol. The summed E-state index contributed by atoms with van der Waals surface area (Å²) in [5, 5.41) is 6.79. The van der Waals surface area contributed by atoms with E-state index in [0.29, 0.717) is 5.76 Å².